The Morgan fingerprint density at radius 1 is 1.19 bits per heavy atom. The maximum atomic E-state index is 12.4. The van der Waals surface area contributed by atoms with Crippen molar-refractivity contribution in [3.05, 3.63) is 59.9 Å². The highest BCUT2D eigenvalue weighted by atomic mass is 32.2. The van der Waals surface area contributed by atoms with Gasteiger partial charge in [-0.05, 0) is 43.5 Å². The number of benzene rings is 1. The van der Waals surface area contributed by atoms with Crippen molar-refractivity contribution in [2.75, 3.05) is 18.8 Å². The zero-order valence-corrected chi connectivity index (χ0v) is 16.4. The van der Waals surface area contributed by atoms with E-state index in [0.717, 1.165) is 23.3 Å². The molecule has 0 radical (unpaired) electrons. The van der Waals surface area contributed by atoms with Crippen LogP contribution < -0.4 is 5.32 Å². The molecule has 1 aromatic carbocycles. The molecular formula is C21H25N3O2S. The molecule has 0 atom stereocenters. The largest absolute Gasteiger partial charge is 0.352 e. The van der Waals surface area contributed by atoms with Crippen LogP contribution in [-0.2, 0) is 16.1 Å². The summed E-state index contributed by atoms with van der Waals surface area (Å²) in [6.45, 7) is 3.85. The summed E-state index contributed by atoms with van der Waals surface area (Å²) in [6, 6.07) is 12.0. The lowest BCUT2D eigenvalue weighted by Crippen LogP contribution is -2.43. The molecule has 2 heterocycles. The quantitative estimate of drug-likeness (QED) is 0.779. The summed E-state index contributed by atoms with van der Waals surface area (Å²) in [7, 11) is 0. The van der Waals surface area contributed by atoms with E-state index in [9.17, 15) is 9.59 Å². The molecule has 0 bridgehead atoms. The predicted octanol–water partition coefficient (Wildman–Crippen LogP) is 3.04. The van der Waals surface area contributed by atoms with Crippen molar-refractivity contribution in [1.29, 1.82) is 0 Å². The van der Waals surface area contributed by atoms with Crippen LogP contribution in [0.3, 0.4) is 0 Å². The second-order valence-corrected chi connectivity index (χ2v) is 7.88. The van der Waals surface area contributed by atoms with Crippen LogP contribution in [-0.4, -0.2) is 40.5 Å². The molecule has 1 N–H and O–H groups in total. The number of likely N-dealkylation sites (tertiary alicyclic amines) is 1. The standard InChI is InChI=1S/C21H25N3O2S/c1-16-4-6-19(7-5-16)27-15-20(25)24-11-8-18(9-12-24)21(26)23-14-17-3-2-10-22-13-17/h2-7,10,13,18H,8-9,11-12,14-15H2,1H3,(H,23,26). The fourth-order valence-electron chi connectivity index (χ4n) is 3.10. The first-order valence-electron chi connectivity index (χ1n) is 9.25. The van der Waals surface area contributed by atoms with Gasteiger partial charge in [-0.15, -0.1) is 11.8 Å². The van der Waals surface area contributed by atoms with Gasteiger partial charge in [0.05, 0.1) is 5.75 Å². The summed E-state index contributed by atoms with van der Waals surface area (Å²) in [4.78, 5) is 31.8. The summed E-state index contributed by atoms with van der Waals surface area (Å²) in [5, 5.41) is 2.98. The normalized spacial score (nSPS) is 14.8. The van der Waals surface area contributed by atoms with Crippen molar-refractivity contribution in [3.63, 3.8) is 0 Å². The number of amides is 2. The third kappa shape index (κ3) is 5.82. The monoisotopic (exact) mass is 383 g/mol. The average molecular weight is 384 g/mol. The molecule has 6 heteroatoms. The Bertz CT molecular complexity index is 757. The van der Waals surface area contributed by atoms with Gasteiger partial charge in [0.1, 0.15) is 0 Å². The van der Waals surface area contributed by atoms with Gasteiger partial charge in [-0.3, -0.25) is 14.6 Å². The molecule has 1 fully saturated rings. The molecule has 0 aliphatic carbocycles. The molecule has 1 aromatic heterocycles. The van der Waals surface area contributed by atoms with Gasteiger partial charge in [0, 0.05) is 42.8 Å². The molecule has 1 saturated heterocycles. The molecular weight excluding hydrogens is 358 g/mol. The number of nitrogens with one attached hydrogen (secondary N) is 1. The van der Waals surface area contributed by atoms with Crippen molar-refractivity contribution < 1.29 is 9.59 Å². The Labute approximate surface area is 164 Å². The fraction of sp³-hybridized carbons (Fsp3) is 0.381. The summed E-state index contributed by atoms with van der Waals surface area (Å²) in [6.07, 6.45) is 4.92. The van der Waals surface area contributed by atoms with Crippen molar-refractivity contribution in [1.82, 2.24) is 15.2 Å². The van der Waals surface area contributed by atoms with Crippen LogP contribution in [0, 0.1) is 12.8 Å². The minimum atomic E-state index is -0.0181. The molecule has 5 nitrogen and oxygen atoms in total. The molecule has 27 heavy (non-hydrogen) atoms. The number of thioether (sulfide) groups is 1. The van der Waals surface area contributed by atoms with Gasteiger partial charge in [-0.1, -0.05) is 23.8 Å². The minimum absolute atomic E-state index is 0.0181. The van der Waals surface area contributed by atoms with Crippen LogP contribution in [0.1, 0.15) is 24.0 Å². The summed E-state index contributed by atoms with van der Waals surface area (Å²) >= 11 is 1.57. The lowest BCUT2D eigenvalue weighted by Gasteiger charge is -2.31. The van der Waals surface area contributed by atoms with Crippen LogP contribution in [0.25, 0.3) is 0 Å². The fourth-order valence-corrected chi connectivity index (χ4v) is 3.90. The molecule has 3 rings (SSSR count). The third-order valence-corrected chi connectivity index (χ3v) is 5.79. The number of hydrogen-bond donors (Lipinski definition) is 1. The number of hydrogen-bond acceptors (Lipinski definition) is 4. The summed E-state index contributed by atoms with van der Waals surface area (Å²) in [5.41, 5.74) is 2.21. The smallest absolute Gasteiger partial charge is 0.232 e. The van der Waals surface area contributed by atoms with Crippen LogP contribution in [0.5, 0.6) is 0 Å². The van der Waals surface area contributed by atoms with Crippen LogP contribution >= 0.6 is 11.8 Å². The number of piperidine rings is 1. The van der Waals surface area contributed by atoms with E-state index >= 15 is 0 Å². The lowest BCUT2D eigenvalue weighted by atomic mass is 9.96. The zero-order valence-electron chi connectivity index (χ0n) is 15.6. The average Bonchev–Trinajstić information content (AvgIpc) is 2.72. The topological polar surface area (TPSA) is 62.3 Å². The van der Waals surface area contributed by atoms with Crippen LogP contribution in [0.2, 0.25) is 0 Å². The Morgan fingerprint density at radius 2 is 1.93 bits per heavy atom. The van der Waals surface area contributed by atoms with Gasteiger partial charge in [-0.25, -0.2) is 0 Å². The lowest BCUT2D eigenvalue weighted by molar-refractivity contribution is -0.133. The predicted molar refractivity (Wildman–Crippen MR) is 107 cm³/mol. The van der Waals surface area contributed by atoms with Gasteiger partial charge >= 0.3 is 0 Å². The number of rotatable bonds is 6. The van der Waals surface area contributed by atoms with Gasteiger partial charge < -0.3 is 10.2 Å². The Hall–Kier alpha value is -2.34. The third-order valence-electron chi connectivity index (χ3n) is 4.79. The van der Waals surface area contributed by atoms with Crippen molar-refractivity contribution in [3.8, 4) is 0 Å². The second kappa shape index (κ2) is 9.55. The molecule has 0 spiro atoms. The highest BCUT2D eigenvalue weighted by molar-refractivity contribution is 8.00. The Balaban J connectivity index is 1.39. The second-order valence-electron chi connectivity index (χ2n) is 6.84. The number of aryl methyl sites for hydroxylation is 1. The van der Waals surface area contributed by atoms with E-state index in [1.165, 1.54) is 5.56 Å². The highest BCUT2D eigenvalue weighted by Crippen LogP contribution is 2.22. The zero-order chi connectivity index (χ0) is 19.1. The van der Waals surface area contributed by atoms with E-state index in [4.69, 9.17) is 0 Å². The van der Waals surface area contributed by atoms with E-state index in [2.05, 4.69) is 29.4 Å². The van der Waals surface area contributed by atoms with Crippen molar-refractivity contribution >= 4 is 23.6 Å². The molecule has 1 aliphatic rings. The Kier molecular flexibility index (Phi) is 6.87. The number of pyridine rings is 1. The minimum Gasteiger partial charge on any atom is -0.352 e. The van der Waals surface area contributed by atoms with Gasteiger partial charge in [0.2, 0.25) is 11.8 Å². The summed E-state index contributed by atoms with van der Waals surface area (Å²) < 4.78 is 0. The molecule has 2 aromatic rings. The van der Waals surface area contributed by atoms with E-state index in [-0.39, 0.29) is 17.7 Å². The Morgan fingerprint density at radius 3 is 2.59 bits per heavy atom. The number of carbonyl (C=O) groups excluding carboxylic acids is 2. The number of aromatic nitrogens is 1. The molecule has 2 amide bonds. The summed E-state index contributed by atoms with van der Waals surface area (Å²) in [5.74, 6) is 0.645. The van der Waals surface area contributed by atoms with Crippen molar-refractivity contribution in [2.45, 2.75) is 31.2 Å². The number of carbonyl (C=O) groups is 2. The van der Waals surface area contributed by atoms with Crippen molar-refractivity contribution in [2.24, 2.45) is 5.92 Å². The maximum Gasteiger partial charge on any atom is 0.232 e. The number of nitrogens with zero attached hydrogens (tertiary/aromatic N) is 2. The van der Waals surface area contributed by atoms with Crippen LogP contribution in [0.15, 0.2) is 53.7 Å². The first kappa shape index (κ1) is 19.4. The molecule has 1 aliphatic heterocycles. The van der Waals surface area contributed by atoms with E-state index in [1.807, 2.05) is 29.2 Å². The van der Waals surface area contributed by atoms with E-state index in [0.29, 0.717) is 25.4 Å². The molecule has 0 saturated carbocycles. The maximum absolute atomic E-state index is 12.4. The molecule has 142 valence electrons. The van der Waals surface area contributed by atoms with Gasteiger partial charge in [0.15, 0.2) is 0 Å². The van der Waals surface area contributed by atoms with E-state index in [1.54, 1.807) is 24.2 Å². The molecule has 0 unspecified atom stereocenters. The highest BCUT2D eigenvalue weighted by Gasteiger charge is 2.27. The van der Waals surface area contributed by atoms with Crippen LogP contribution in [0.4, 0.5) is 0 Å². The SMILES string of the molecule is Cc1ccc(SCC(=O)N2CCC(C(=O)NCc3cccnc3)CC2)cc1. The first-order chi connectivity index (χ1) is 13.1. The first-order valence-corrected chi connectivity index (χ1v) is 10.2. The van der Waals surface area contributed by atoms with E-state index < -0.39 is 0 Å². The van der Waals surface area contributed by atoms with Gasteiger partial charge in [-0.2, -0.15) is 0 Å². The van der Waals surface area contributed by atoms with Gasteiger partial charge in [0.25, 0.3) is 0 Å².